The second-order valence-corrected chi connectivity index (χ2v) is 7.69. The number of hydrogen-bond donors (Lipinski definition) is 3. The number of carbonyl (C=O) groups is 2. The summed E-state index contributed by atoms with van der Waals surface area (Å²) in [6.45, 7) is 5.74. The van der Waals surface area contributed by atoms with E-state index in [1.54, 1.807) is 6.92 Å². The SMILES string of the molecule is CC(=Cc1ccccc1)C(=O)NCc1nc(N[C@H](C(N)=O)C(C)C)c2ccccc2n1. The molecule has 1 heterocycles. The monoisotopic (exact) mass is 417 g/mol. The van der Waals surface area contributed by atoms with Gasteiger partial charge in [0.25, 0.3) is 0 Å². The molecule has 1 aromatic heterocycles. The van der Waals surface area contributed by atoms with Crippen molar-refractivity contribution >= 4 is 34.6 Å². The van der Waals surface area contributed by atoms with Gasteiger partial charge in [-0.2, -0.15) is 0 Å². The van der Waals surface area contributed by atoms with E-state index in [0.717, 1.165) is 10.9 Å². The van der Waals surface area contributed by atoms with Crippen LogP contribution in [0.25, 0.3) is 17.0 Å². The van der Waals surface area contributed by atoms with Crippen molar-refractivity contribution in [2.24, 2.45) is 11.7 Å². The van der Waals surface area contributed by atoms with Crippen LogP contribution in [0.3, 0.4) is 0 Å². The molecule has 2 amide bonds. The molecule has 7 nitrogen and oxygen atoms in total. The minimum absolute atomic E-state index is 0.0137. The first-order valence-corrected chi connectivity index (χ1v) is 10.2. The molecule has 0 saturated carbocycles. The van der Waals surface area contributed by atoms with Crippen LogP contribution in [0.2, 0.25) is 0 Å². The molecule has 0 fully saturated rings. The van der Waals surface area contributed by atoms with Gasteiger partial charge < -0.3 is 16.4 Å². The van der Waals surface area contributed by atoms with Crippen LogP contribution in [-0.2, 0) is 16.1 Å². The third-order valence-electron chi connectivity index (χ3n) is 4.86. The van der Waals surface area contributed by atoms with Crippen molar-refractivity contribution in [1.82, 2.24) is 15.3 Å². The van der Waals surface area contributed by atoms with E-state index in [-0.39, 0.29) is 18.4 Å². The van der Waals surface area contributed by atoms with Gasteiger partial charge in [0.2, 0.25) is 11.8 Å². The third-order valence-corrected chi connectivity index (χ3v) is 4.86. The topological polar surface area (TPSA) is 110 Å². The van der Waals surface area contributed by atoms with Crippen molar-refractivity contribution in [2.75, 3.05) is 5.32 Å². The maximum Gasteiger partial charge on any atom is 0.247 e. The summed E-state index contributed by atoms with van der Waals surface area (Å²) in [5.41, 5.74) is 7.81. The standard InChI is InChI=1S/C24H27N5O2/c1-15(2)21(22(25)30)29-23-18-11-7-8-12-19(18)27-20(28-23)14-26-24(31)16(3)13-17-9-5-4-6-10-17/h4-13,15,21H,14H2,1-3H3,(H2,25,30)(H,26,31)(H,27,28,29)/t21-/m0/s1. The first kappa shape index (κ1) is 22.0. The first-order chi connectivity index (χ1) is 14.8. The van der Waals surface area contributed by atoms with Crippen LogP contribution in [0.15, 0.2) is 60.2 Å². The van der Waals surface area contributed by atoms with Gasteiger partial charge in [-0.15, -0.1) is 0 Å². The quantitative estimate of drug-likeness (QED) is 0.487. The second-order valence-electron chi connectivity index (χ2n) is 7.69. The highest BCUT2D eigenvalue weighted by molar-refractivity contribution is 5.97. The molecule has 31 heavy (non-hydrogen) atoms. The molecule has 4 N–H and O–H groups in total. The lowest BCUT2D eigenvalue weighted by Crippen LogP contribution is -2.40. The van der Waals surface area contributed by atoms with Crippen molar-refractivity contribution in [3.8, 4) is 0 Å². The maximum atomic E-state index is 12.5. The van der Waals surface area contributed by atoms with Gasteiger partial charge in [-0.1, -0.05) is 56.3 Å². The number of amides is 2. The van der Waals surface area contributed by atoms with Gasteiger partial charge in [0.05, 0.1) is 12.1 Å². The zero-order valence-electron chi connectivity index (χ0n) is 17.9. The van der Waals surface area contributed by atoms with Crippen LogP contribution in [0.1, 0.15) is 32.2 Å². The molecule has 160 valence electrons. The minimum atomic E-state index is -0.572. The molecule has 0 saturated heterocycles. The van der Waals surface area contributed by atoms with Crippen molar-refractivity contribution < 1.29 is 9.59 Å². The number of carbonyl (C=O) groups excluding carboxylic acids is 2. The van der Waals surface area contributed by atoms with E-state index in [1.165, 1.54) is 0 Å². The molecule has 0 unspecified atom stereocenters. The Kier molecular flexibility index (Phi) is 6.97. The Morgan fingerprint density at radius 2 is 1.71 bits per heavy atom. The van der Waals surface area contributed by atoms with Gasteiger partial charge in [-0.05, 0) is 36.6 Å². The summed E-state index contributed by atoms with van der Waals surface area (Å²) in [4.78, 5) is 33.5. The Hall–Kier alpha value is -3.74. The Morgan fingerprint density at radius 1 is 1.03 bits per heavy atom. The van der Waals surface area contributed by atoms with Gasteiger partial charge in [0.15, 0.2) is 5.82 Å². The molecule has 0 bridgehead atoms. The normalized spacial score (nSPS) is 12.6. The highest BCUT2D eigenvalue weighted by Gasteiger charge is 2.21. The smallest absolute Gasteiger partial charge is 0.247 e. The lowest BCUT2D eigenvalue weighted by atomic mass is 10.0. The number of nitrogens with two attached hydrogens (primary N) is 1. The molecule has 0 aliphatic heterocycles. The highest BCUT2D eigenvalue weighted by atomic mass is 16.2. The summed E-state index contributed by atoms with van der Waals surface area (Å²) in [6, 6.07) is 16.6. The summed E-state index contributed by atoms with van der Waals surface area (Å²) >= 11 is 0. The molecular weight excluding hydrogens is 390 g/mol. The van der Waals surface area contributed by atoms with Crippen LogP contribution in [0.5, 0.6) is 0 Å². The zero-order valence-corrected chi connectivity index (χ0v) is 17.9. The van der Waals surface area contributed by atoms with Gasteiger partial charge in [-0.25, -0.2) is 9.97 Å². The number of nitrogens with one attached hydrogen (secondary N) is 2. The molecule has 7 heteroatoms. The van der Waals surface area contributed by atoms with E-state index in [4.69, 9.17) is 5.73 Å². The Labute approximate surface area is 181 Å². The zero-order chi connectivity index (χ0) is 22.4. The molecule has 3 rings (SSSR count). The fourth-order valence-electron chi connectivity index (χ4n) is 3.19. The number of para-hydroxylation sites is 1. The van der Waals surface area contributed by atoms with Crippen molar-refractivity contribution in [3.05, 3.63) is 71.6 Å². The number of hydrogen-bond acceptors (Lipinski definition) is 5. The number of anilines is 1. The lowest BCUT2D eigenvalue weighted by Gasteiger charge is -2.21. The lowest BCUT2D eigenvalue weighted by molar-refractivity contribution is -0.119. The van der Waals surface area contributed by atoms with E-state index in [9.17, 15) is 9.59 Å². The number of rotatable bonds is 8. The van der Waals surface area contributed by atoms with Crippen LogP contribution in [-0.4, -0.2) is 27.8 Å². The summed E-state index contributed by atoms with van der Waals surface area (Å²) in [6.07, 6.45) is 1.82. The summed E-state index contributed by atoms with van der Waals surface area (Å²) in [5, 5.41) is 6.79. The third kappa shape index (κ3) is 5.66. The van der Waals surface area contributed by atoms with Crippen molar-refractivity contribution in [1.29, 1.82) is 0 Å². The Bertz CT molecular complexity index is 1110. The summed E-state index contributed by atoms with van der Waals surface area (Å²) in [7, 11) is 0. The fourth-order valence-corrected chi connectivity index (χ4v) is 3.19. The van der Waals surface area contributed by atoms with Gasteiger partial charge >= 0.3 is 0 Å². The van der Waals surface area contributed by atoms with E-state index in [2.05, 4.69) is 20.6 Å². The number of fused-ring (bicyclic) bond motifs is 1. The van der Waals surface area contributed by atoms with E-state index in [0.29, 0.717) is 22.7 Å². The molecule has 2 aromatic carbocycles. The maximum absolute atomic E-state index is 12.5. The van der Waals surface area contributed by atoms with Crippen LogP contribution in [0.4, 0.5) is 5.82 Å². The summed E-state index contributed by atoms with van der Waals surface area (Å²) in [5.74, 6) is 0.291. The Morgan fingerprint density at radius 3 is 2.39 bits per heavy atom. The molecular formula is C24H27N5O2. The molecule has 3 aromatic rings. The van der Waals surface area contributed by atoms with E-state index >= 15 is 0 Å². The molecule has 0 radical (unpaired) electrons. The number of nitrogens with zero attached hydrogens (tertiary/aromatic N) is 2. The largest absolute Gasteiger partial charge is 0.368 e. The molecule has 0 spiro atoms. The van der Waals surface area contributed by atoms with Gasteiger partial charge in [0, 0.05) is 11.0 Å². The van der Waals surface area contributed by atoms with Gasteiger partial charge in [0.1, 0.15) is 11.9 Å². The minimum Gasteiger partial charge on any atom is -0.368 e. The summed E-state index contributed by atoms with van der Waals surface area (Å²) < 4.78 is 0. The van der Waals surface area contributed by atoms with E-state index in [1.807, 2.05) is 74.5 Å². The average molecular weight is 418 g/mol. The first-order valence-electron chi connectivity index (χ1n) is 10.2. The molecule has 1 atom stereocenters. The van der Waals surface area contributed by atoms with Crippen LogP contribution in [0, 0.1) is 5.92 Å². The van der Waals surface area contributed by atoms with Crippen molar-refractivity contribution in [2.45, 2.75) is 33.4 Å². The predicted octanol–water partition coefficient (Wildman–Crippen LogP) is 3.27. The number of aromatic nitrogens is 2. The van der Waals surface area contributed by atoms with Crippen LogP contribution < -0.4 is 16.4 Å². The highest BCUT2D eigenvalue weighted by Crippen LogP contribution is 2.22. The number of benzene rings is 2. The molecule has 0 aliphatic rings. The molecule has 0 aliphatic carbocycles. The van der Waals surface area contributed by atoms with Crippen LogP contribution >= 0.6 is 0 Å². The van der Waals surface area contributed by atoms with Crippen molar-refractivity contribution in [3.63, 3.8) is 0 Å². The Balaban J connectivity index is 1.81. The number of primary amides is 1. The predicted molar refractivity (Wildman–Crippen MR) is 123 cm³/mol. The van der Waals surface area contributed by atoms with Gasteiger partial charge in [-0.3, -0.25) is 9.59 Å². The average Bonchev–Trinajstić information content (AvgIpc) is 2.75. The second kappa shape index (κ2) is 9.84. The fraction of sp³-hybridized carbons (Fsp3) is 0.250. The van der Waals surface area contributed by atoms with E-state index < -0.39 is 11.9 Å².